The first-order valence-electron chi connectivity index (χ1n) is 5.83. The maximum absolute atomic E-state index is 12.3. The molecule has 0 saturated carbocycles. The van der Waals surface area contributed by atoms with E-state index in [1.54, 1.807) is 11.3 Å². The average Bonchev–Trinajstić information content (AvgIpc) is 2.85. The smallest absolute Gasteiger partial charge is 0.228 e. The molecular formula is C13H19NOS. The molecule has 3 heteroatoms. The molecule has 0 N–H and O–H groups in total. The topological polar surface area (TPSA) is 20.3 Å². The van der Waals surface area contributed by atoms with Crippen molar-refractivity contribution < 1.29 is 4.79 Å². The monoisotopic (exact) mass is 237 g/mol. The minimum absolute atomic E-state index is 0.265. The Morgan fingerprint density at radius 3 is 2.81 bits per heavy atom. The number of hydrogen-bond acceptors (Lipinski definition) is 2. The van der Waals surface area contributed by atoms with Gasteiger partial charge in [0.1, 0.15) is 0 Å². The van der Waals surface area contributed by atoms with Crippen LogP contribution in [0.4, 0.5) is 0 Å². The number of carbonyl (C=O) groups excluding carboxylic acids is 1. The minimum atomic E-state index is -0.265. The number of amides is 1. The van der Waals surface area contributed by atoms with Crippen LogP contribution in [0.3, 0.4) is 0 Å². The molecule has 0 bridgehead atoms. The summed E-state index contributed by atoms with van der Waals surface area (Å²) in [5.74, 6) is 0.279. The molecule has 1 aliphatic heterocycles. The fraction of sp³-hybridized carbons (Fsp3) is 0.615. The van der Waals surface area contributed by atoms with Crippen LogP contribution in [0.2, 0.25) is 0 Å². The summed E-state index contributed by atoms with van der Waals surface area (Å²) in [6.45, 7) is 6.91. The Hall–Kier alpha value is -0.830. The molecular weight excluding hydrogens is 218 g/mol. The molecule has 1 aliphatic rings. The second-order valence-electron chi connectivity index (χ2n) is 5.46. The third kappa shape index (κ3) is 2.14. The van der Waals surface area contributed by atoms with Crippen LogP contribution in [0.5, 0.6) is 0 Å². The fourth-order valence-corrected chi connectivity index (χ4v) is 2.96. The average molecular weight is 237 g/mol. The van der Waals surface area contributed by atoms with Gasteiger partial charge in [0.2, 0.25) is 5.91 Å². The summed E-state index contributed by atoms with van der Waals surface area (Å²) in [7, 11) is 0. The first-order valence-corrected chi connectivity index (χ1v) is 6.77. The molecule has 16 heavy (non-hydrogen) atoms. The van der Waals surface area contributed by atoms with Gasteiger partial charge in [0, 0.05) is 12.0 Å². The van der Waals surface area contributed by atoms with E-state index < -0.39 is 0 Å². The summed E-state index contributed by atoms with van der Waals surface area (Å²) in [6.07, 6.45) is 2.24. The van der Waals surface area contributed by atoms with Crippen molar-refractivity contribution in [3.05, 3.63) is 22.4 Å². The van der Waals surface area contributed by atoms with Crippen LogP contribution in [-0.4, -0.2) is 17.4 Å². The van der Waals surface area contributed by atoms with Gasteiger partial charge in [0.25, 0.3) is 0 Å². The molecule has 1 atom stereocenters. The SMILES string of the molecule is CC(C)(C)C(=O)N1CCC[C@@H]1c1ccsc1. The van der Waals surface area contributed by atoms with Crippen LogP contribution in [0.15, 0.2) is 16.8 Å². The van der Waals surface area contributed by atoms with Crippen molar-refractivity contribution in [2.45, 2.75) is 39.7 Å². The third-order valence-electron chi connectivity index (χ3n) is 3.08. The maximum Gasteiger partial charge on any atom is 0.228 e. The molecule has 1 aromatic rings. The Balaban J connectivity index is 2.19. The van der Waals surface area contributed by atoms with E-state index in [4.69, 9.17) is 0 Å². The van der Waals surface area contributed by atoms with E-state index >= 15 is 0 Å². The molecule has 0 unspecified atom stereocenters. The first-order chi connectivity index (χ1) is 7.50. The Kier molecular flexibility index (Phi) is 3.06. The van der Waals surface area contributed by atoms with Gasteiger partial charge in [-0.1, -0.05) is 20.8 Å². The molecule has 0 spiro atoms. The van der Waals surface area contributed by atoms with Gasteiger partial charge in [-0.25, -0.2) is 0 Å². The lowest BCUT2D eigenvalue weighted by atomic mass is 9.94. The molecule has 2 rings (SSSR count). The third-order valence-corrected chi connectivity index (χ3v) is 3.78. The first kappa shape index (κ1) is 11.6. The van der Waals surface area contributed by atoms with Gasteiger partial charge in [-0.2, -0.15) is 11.3 Å². The number of nitrogens with zero attached hydrogens (tertiary/aromatic N) is 1. The van der Waals surface area contributed by atoms with E-state index in [9.17, 15) is 4.79 Å². The van der Waals surface area contributed by atoms with Gasteiger partial charge in [-0.15, -0.1) is 0 Å². The molecule has 0 aromatic carbocycles. The summed E-state index contributed by atoms with van der Waals surface area (Å²) >= 11 is 1.71. The second-order valence-corrected chi connectivity index (χ2v) is 6.24. The van der Waals surface area contributed by atoms with Gasteiger partial charge < -0.3 is 4.90 Å². The molecule has 0 aliphatic carbocycles. The molecule has 1 fully saturated rings. The van der Waals surface area contributed by atoms with Crippen molar-refractivity contribution in [1.29, 1.82) is 0 Å². The highest BCUT2D eigenvalue weighted by Gasteiger charge is 2.35. The van der Waals surface area contributed by atoms with E-state index in [0.717, 1.165) is 19.4 Å². The van der Waals surface area contributed by atoms with Crippen molar-refractivity contribution in [2.75, 3.05) is 6.54 Å². The van der Waals surface area contributed by atoms with Crippen molar-refractivity contribution in [3.63, 3.8) is 0 Å². The molecule has 1 saturated heterocycles. The zero-order valence-electron chi connectivity index (χ0n) is 10.2. The number of carbonyl (C=O) groups is 1. The summed E-state index contributed by atoms with van der Waals surface area (Å²) < 4.78 is 0. The van der Waals surface area contributed by atoms with Crippen LogP contribution in [0.25, 0.3) is 0 Å². The largest absolute Gasteiger partial charge is 0.335 e. The van der Waals surface area contributed by atoms with Crippen LogP contribution in [0, 0.1) is 5.41 Å². The number of rotatable bonds is 1. The number of hydrogen-bond donors (Lipinski definition) is 0. The van der Waals surface area contributed by atoms with E-state index in [1.165, 1.54) is 5.56 Å². The molecule has 1 amide bonds. The van der Waals surface area contributed by atoms with Crippen molar-refractivity contribution >= 4 is 17.2 Å². The summed E-state index contributed by atoms with van der Waals surface area (Å²) in [5.41, 5.74) is 1.04. The van der Waals surface area contributed by atoms with E-state index in [0.29, 0.717) is 6.04 Å². The van der Waals surface area contributed by atoms with Crippen molar-refractivity contribution in [2.24, 2.45) is 5.41 Å². The maximum atomic E-state index is 12.3. The lowest BCUT2D eigenvalue weighted by Crippen LogP contribution is -2.38. The van der Waals surface area contributed by atoms with Crippen LogP contribution >= 0.6 is 11.3 Å². The minimum Gasteiger partial charge on any atom is -0.335 e. The van der Waals surface area contributed by atoms with Gasteiger partial charge >= 0.3 is 0 Å². The number of likely N-dealkylation sites (tertiary alicyclic amines) is 1. The molecule has 0 radical (unpaired) electrons. The molecule has 2 heterocycles. The van der Waals surface area contributed by atoms with Crippen LogP contribution in [0.1, 0.15) is 45.2 Å². The zero-order chi connectivity index (χ0) is 11.8. The van der Waals surface area contributed by atoms with Crippen LogP contribution in [-0.2, 0) is 4.79 Å². The van der Waals surface area contributed by atoms with E-state index in [1.807, 2.05) is 20.8 Å². The second kappa shape index (κ2) is 4.21. The summed E-state index contributed by atoms with van der Waals surface area (Å²) in [5, 5.41) is 4.26. The van der Waals surface area contributed by atoms with E-state index in [2.05, 4.69) is 21.7 Å². The van der Waals surface area contributed by atoms with Crippen molar-refractivity contribution in [3.8, 4) is 0 Å². The standard InChI is InChI=1S/C13H19NOS/c1-13(2,3)12(15)14-7-4-5-11(14)10-6-8-16-9-10/h6,8-9,11H,4-5,7H2,1-3H3/t11-/m1/s1. The molecule has 88 valence electrons. The molecule has 1 aromatic heterocycles. The Labute approximate surface area is 101 Å². The summed E-state index contributed by atoms with van der Waals surface area (Å²) in [4.78, 5) is 14.4. The Bertz CT molecular complexity index is 364. The highest BCUT2D eigenvalue weighted by molar-refractivity contribution is 7.07. The van der Waals surface area contributed by atoms with Gasteiger partial charge in [-0.3, -0.25) is 4.79 Å². The number of thiophene rings is 1. The predicted octanol–water partition coefficient (Wildman–Crippen LogP) is 3.46. The van der Waals surface area contributed by atoms with Gasteiger partial charge in [0.05, 0.1) is 6.04 Å². The summed E-state index contributed by atoms with van der Waals surface area (Å²) in [6, 6.07) is 2.46. The highest BCUT2D eigenvalue weighted by Crippen LogP contribution is 2.35. The molecule has 2 nitrogen and oxygen atoms in total. The van der Waals surface area contributed by atoms with Crippen LogP contribution < -0.4 is 0 Å². The Morgan fingerprint density at radius 2 is 2.25 bits per heavy atom. The normalized spacial score (nSPS) is 21.4. The Morgan fingerprint density at radius 1 is 1.50 bits per heavy atom. The quantitative estimate of drug-likeness (QED) is 0.732. The van der Waals surface area contributed by atoms with Gasteiger partial charge in [-0.05, 0) is 35.2 Å². The lowest BCUT2D eigenvalue weighted by Gasteiger charge is -2.30. The van der Waals surface area contributed by atoms with Crippen molar-refractivity contribution in [1.82, 2.24) is 4.90 Å². The predicted molar refractivity (Wildman–Crippen MR) is 67.5 cm³/mol. The lowest BCUT2D eigenvalue weighted by molar-refractivity contribution is -0.140. The fourth-order valence-electron chi connectivity index (χ4n) is 2.25. The van der Waals surface area contributed by atoms with Gasteiger partial charge in [0.15, 0.2) is 0 Å². The zero-order valence-corrected chi connectivity index (χ0v) is 11.0. The highest BCUT2D eigenvalue weighted by atomic mass is 32.1. The van der Waals surface area contributed by atoms with E-state index in [-0.39, 0.29) is 11.3 Å².